The van der Waals surface area contributed by atoms with Gasteiger partial charge in [0, 0.05) is 50.9 Å². The lowest BCUT2D eigenvalue weighted by atomic mass is 9.86. The molecule has 1 aliphatic carbocycles. The molecule has 0 unspecified atom stereocenters. The van der Waals surface area contributed by atoms with Crippen molar-refractivity contribution in [1.29, 1.82) is 0 Å². The van der Waals surface area contributed by atoms with Crippen molar-refractivity contribution in [3.63, 3.8) is 0 Å². The lowest BCUT2D eigenvalue weighted by Crippen LogP contribution is -2.48. The molecule has 1 saturated heterocycles. The first-order chi connectivity index (χ1) is 15.5. The van der Waals surface area contributed by atoms with Gasteiger partial charge in [0.25, 0.3) is 0 Å². The van der Waals surface area contributed by atoms with Crippen LogP contribution in [0.5, 0.6) is 5.75 Å². The molecule has 4 rings (SSSR count). The first kappa shape index (κ1) is 22.7. The number of anilines is 1. The monoisotopic (exact) mass is 439 g/mol. The molecule has 1 N–H and O–H groups in total. The van der Waals surface area contributed by atoms with Crippen molar-refractivity contribution in [3.05, 3.63) is 59.9 Å². The summed E-state index contributed by atoms with van der Waals surface area (Å²) in [5.41, 5.74) is 2.22. The number of piperazine rings is 1. The number of hydrogen-bond donors (Lipinski definition) is 1. The largest absolute Gasteiger partial charge is 0.490 e. The molecule has 2 fully saturated rings. The summed E-state index contributed by atoms with van der Waals surface area (Å²) >= 11 is 0. The van der Waals surface area contributed by atoms with Crippen LogP contribution in [0, 0.1) is 11.7 Å². The lowest BCUT2D eigenvalue weighted by molar-refractivity contribution is -0.123. The van der Waals surface area contributed by atoms with Gasteiger partial charge in [-0.15, -0.1) is 0 Å². The van der Waals surface area contributed by atoms with E-state index >= 15 is 0 Å². The van der Waals surface area contributed by atoms with Gasteiger partial charge in [0.2, 0.25) is 5.91 Å². The molecule has 2 aliphatic rings. The highest BCUT2D eigenvalue weighted by molar-refractivity contribution is 5.94. The normalized spacial score (nSPS) is 24.2. The van der Waals surface area contributed by atoms with E-state index in [-0.39, 0.29) is 23.7 Å². The maximum atomic E-state index is 13.1. The Hall–Kier alpha value is -2.44. The van der Waals surface area contributed by atoms with Gasteiger partial charge < -0.3 is 15.0 Å². The van der Waals surface area contributed by atoms with E-state index in [1.807, 2.05) is 7.05 Å². The number of amides is 1. The molecule has 2 aromatic rings. The molecule has 6 heteroatoms. The van der Waals surface area contributed by atoms with Crippen molar-refractivity contribution in [2.45, 2.75) is 51.3 Å². The van der Waals surface area contributed by atoms with E-state index in [0.29, 0.717) is 11.8 Å². The second-order valence-electron chi connectivity index (χ2n) is 9.20. The first-order valence-electron chi connectivity index (χ1n) is 11.7. The van der Waals surface area contributed by atoms with Crippen LogP contribution in [0.3, 0.4) is 0 Å². The molecule has 1 atom stereocenters. The summed E-state index contributed by atoms with van der Waals surface area (Å²) in [6, 6.07) is 15.1. The maximum absolute atomic E-state index is 13.1. The number of carbonyl (C=O) groups is 1. The van der Waals surface area contributed by atoms with E-state index < -0.39 is 0 Å². The summed E-state index contributed by atoms with van der Waals surface area (Å²) < 4.78 is 19.0. The Morgan fingerprint density at radius 2 is 1.78 bits per heavy atom. The Kier molecular flexibility index (Phi) is 7.43. The van der Waals surface area contributed by atoms with Crippen LogP contribution in [0.25, 0.3) is 0 Å². The molecule has 1 amide bonds. The Balaban J connectivity index is 1.26. The van der Waals surface area contributed by atoms with Gasteiger partial charge in [-0.2, -0.15) is 0 Å². The average Bonchev–Trinajstić information content (AvgIpc) is 2.81. The molecule has 0 bridgehead atoms. The number of ether oxygens (including phenoxy) is 1. The smallest absolute Gasteiger partial charge is 0.229 e. The van der Waals surface area contributed by atoms with Crippen LogP contribution in [0.1, 0.15) is 38.2 Å². The van der Waals surface area contributed by atoms with Gasteiger partial charge in [-0.25, -0.2) is 4.39 Å². The molecule has 0 radical (unpaired) electrons. The summed E-state index contributed by atoms with van der Waals surface area (Å²) in [5.74, 6) is 0.624. The quantitative estimate of drug-likeness (QED) is 0.732. The topological polar surface area (TPSA) is 44.8 Å². The molecule has 0 aromatic heterocycles. The van der Waals surface area contributed by atoms with Gasteiger partial charge in [-0.05, 0) is 74.6 Å². The van der Waals surface area contributed by atoms with Crippen molar-refractivity contribution in [2.24, 2.45) is 5.92 Å². The van der Waals surface area contributed by atoms with Crippen LogP contribution >= 0.6 is 0 Å². The predicted molar refractivity (Wildman–Crippen MR) is 125 cm³/mol. The molecule has 1 aliphatic heterocycles. The summed E-state index contributed by atoms with van der Waals surface area (Å²) in [7, 11) is 1.87. The highest BCUT2D eigenvalue weighted by Gasteiger charge is 2.29. The van der Waals surface area contributed by atoms with Crippen LogP contribution in [0.2, 0.25) is 0 Å². The van der Waals surface area contributed by atoms with Gasteiger partial charge in [-0.3, -0.25) is 9.69 Å². The van der Waals surface area contributed by atoms with E-state index in [1.54, 1.807) is 17.0 Å². The van der Waals surface area contributed by atoms with Crippen LogP contribution in [-0.4, -0.2) is 49.6 Å². The van der Waals surface area contributed by atoms with Crippen LogP contribution in [0.15, 0.2) is 48.5 Å². The molecule has 0 spiro atoms. The molecular weight excluding hydrogens is 405 g/mol. The second kappa shape index (κ2) is 10.5. The fourth-order valence-corrected chi connectivity index (χ4v) is 4.77. The molecule has 5 nitrogen and oxygen atoms in total. The van der Waals surface area contributed by atoms with Gasteiger partial charge in [-0.1, -0.05) is 12.1 Å². The fraction of sp³-hybridized carbons (Fsp3) is 0.500. The minimum absolute atomic E-state index is 0.0232. The van der Waals surface area contributed by atoms with Crippen molar-refractivity contribution in [1.82, 2.24) is 10.2 Å². The minimum atomic E-state index is -0.263. The molecule has 1 saturated carbocycles. The molecular formula is C26H34FN3O2. The zero-order valence-corrected chi connectivity index (χ0v) is 19.1. The highest BCUT2D eigenvalue weighted by Crippen LogP contribution is 2.30. The summed E-state index contributed by atoms with van der Waals surface area (Å²) in [5, 5.41) is 3.47. The van der Waals surface area contributed by atoms with Gasteiger partial charge in [0.15, 0.2) is 0 Å². The third kappa shape index (κ3) is 5.87. The van der Waals surface area contributed by atoms with E-state index in [9.17, 15) is 9.18 Å². The number of carbonyl (C=O) groups excluding carboxylic acids is 1. The molecule has 172 valence electrons. The van der Waals surface area contributed by atoms with Crippen LogP contribution < -0.4 is 15.0 Å². The standard InChI is InChI=1S/C26H34FN3O2/c1-19-17-30(16-15-28-19)18-20-3-9-23(10-4-20)29(2)26(31)21-5-11-24(12-6-21)32-25-13-7-22(27)8-14-25/h3-4,7-10,13-14,19,21,24,28H,5-6,11-12,15-18H2,1-2H3/t19-,21?,24?/m0/s1. The predicted octanol–water partition coefficient (Wildman–Crippen LogP) is 4.22. The number of nitrogens with one attached hydrogen (secondary N) is 1. The number of hydrogen-bond acceptors (Lipinski definition) is 4. The second-order valence-corrected chi connectivity index (χ2v) is 9.20. The molecule has 1 heterocycles. The van der Waals surface area contributed by atoms with Gasteiger partial charge in [0.1, 0.15) is 11.6 Å². The fourth-order valence-electron chi connectivity index (χ4n) is 4.77. The van der Waals surface area contributed by atoms with E-state index in [2.05, 4.69) is 41.4 Å². The number of halogens is 1. The highest BCUT2D eigenvalue weighted by atomic mass is 19.1. The lowest BCUT2D eigenvalue weighted by Gasteiger charge is -2.32. The van der Waals surface area contributed by atoms with E-state index in [0.717, 1.165) is 57.5 Å². The number of rotatable bonds is 6. The number of nitrogens with zero attached hydrogens (tertiary/aromatic N) is 2. The number of benzene rings is 2. The summed E-state index contributed by atoms with van der Waals surface area (Å²) in [6.45, 7) is 6.33. The van der Waals surface area contributed by atoms with Crippen LogP contribution in [-0.2, 0) is 11.3 Å². The maximum Gasteiger partial charge on any atom is 0.229 e. The van der Waals surface area contributed by atoms with Crippen LogP contribution in [0.4, 0.5) is 10.1 Å². The molecule has 2 aromatic carbocycles. The third-order valence-electron chi connectivity index (χ3n) is 6.65. The van der Waals surface area contributed by atoms with E-state index in [1.165, 1.54) is 17.7 Å². The SMILES string of the molecule is C[C@H]1CN(Cc2ccc(N(C)C(=O)C3CCC(Oc4ccc(F)cc4)CC3)cc2)CCN1. The van der Waals surface area contributed by atoms with Gasteiger partial charge >= 0.3 is 0 Å². The first-order valence-corrected chi connectivity index (χ1v) is 11.7. The summed E-state index contributed by atoms with van der Waals surface area (Å²) in [6.07, 6.45) is 3.39. The third-order valence-corrected chi connectivity index (χ3v) is 6.65. The Labute approximate surface area is 190 Å². The Bertz CT molecular complexity index is 879. The molecule has 32 heavy (non-hydrogen) atoms. The van der Waals surface area contributed by atoms with Gasteiger partial charge in [0.05, 0.1) is 6.10 Å². The average molecular weight is 440 g/mol. The zero-order valence-electron chi connectivity index (χ0n) is 19.1. The Morgan fingerprint density at radius 1 is 1.09 bits per heavy atom. The van der Waals surface area contributed by atoms with Crippen molar-refractivity contribution < 1.29 is 13.9 Å². The van der Waals surface area contributed by atoms with Crippen molar-refractivity contribution in [3.8, 4) is 5.75 Å². The zero-order chi connectivity index (χ0) is 22.5. The van der Waals surface area contributed by atoms with E-state index in [4.69, 9.17) is 4.74 Å². The summed E-state index contributed by atoms with van der Waals surface area (Å²) in [4.78, 5) is 17.3. The Morgan fingerprint density at radius 3 is 2.44 bits per heavy atom. The van der Waals surface area contributed by atoms with Crippen molar-refractivity contribution in [2.75, 3.05) is 31.6 Å². The minimum Gasteiger partial charge on any atom is -0.490 e. The van der Waals surface area contributed by atoms with Crippen molar-refractivity contribution >= 4 is 11.6 Å².